The van der Waals surface area contributed by atoms with Crippen molar-refractivity contribution in [2.75, 3.05) is 20.8 Å². The van der Waals surface area contributed by atoms with Gasteiger partial charge >= 0.3 is 0 Å². The van der Waals surface area contributed by atoms with Crippen molar-refractivity contribution >= 4 is 23.7 Å². The summed E-state index contributed by atoms with van der Waals surface area (Å²) in [7, 11) is 2.93. The van der Waals surface area contributed by atoms with Crippen molar-refractivity contribution in [1.82, 2.24) is 10.7 Å². The lowest BCUT2D eigenvalue weighted by molar-refractivity contribution is -0.384. The molecule has 0 bridgehead atoms. The molecule has 0 aliphatic rings. The number of hydrogen-bond acceptors (Lipinski definition) is 7. The zero-order chi connectivity index (χ0) is 20.5. The van der Waals surface area contributed by atoms with Crippen LogP contribution in [0.4, 0.5) is 5.69 Å². The van der Waals surface area contributed by atoms with E-state index in [1.807, 2.05) is 0 Å². The third kappa shape index (κ3) is 5.53. The molecule has 28 heavy (non-hydrogen) atoms. The number of benzene rings is 2. The second-order valence-electron chi connectivity index (χ2n) is 5.40. The van der Waals surface area contributed by atoms with Gasteiger partial charge in [-0.1, -0.05) is 12.1 Å². The van der Waals surface area contributed by atoms with Gasteiger partial charge in [0.15, 0.2) is 11.5 Å². The van der Waals surface area contributed by atoms with Crippen molar-refractivity contribution in [3.8, 4) is 11.5 Å². The third-order valence-electron chi connectivity index (χ3n) is 3.54. The van der Waals surface area contributed by atoms with Gasteiger partial charge in [0.05, 0.1) is 31.9 Å². The topological polar surface area (TPSA) is 132 Å². The van der Waals surface area contributed by atoms with E-state index in [0.29, 0.717) is 22.6 Å². The summed E-state index contributed by atoms with van der Waals surface area (Å²) in [6, 6.07) is 10.4. The van der Waals surface area contributed by atoms with E-state index in [4.69, 9.17) is 9.47 Å². The molecule has 0 aromatic heterocycles. The second kappa shape index (κ2) is 9.67. The number of nitro benzene ring substituents is 1. The maximum absolute atomic E-state index is 12.1. The first-order valence-electron chi connectivity index (χ1n) is 8.01. The molecule has 0 fully saturated rings. The van der Waals surface area contributed by atoms with Gasteiger partial charge < -0.3 is 14.8 Å². The normalized spacial score (nSPS) is 10.4. The molecule has 0 aliphatic carbocycles. The molecule has 2 N–H and O–H groups in total. The number of hydrazone groups is 1. The smallest absolute Gasteiger partial charge is 0.270 e. The molecule has 10 nitrogen and oxygen atoms in total. The summed E-state index contributed by atoms with van der Waals surface area (Å²) in [6.45, 7) is -0.306. The lowest BCUT2D eigenvalue weighted by atomic mass is 10.2. The van der Waals surface area contributed by atoms with Gasteiger partial charge in [-0.2, -0.15) is 5.10 Å². The van der Waals surface area contributed by atoms with Crippen LogP contribution in [0, 0.1) is 10.1 Å². The zero-order valence-corrected chi connectivity index (χ0v) is 15.2. The first-order chi connectivity index (χ1) is 13.4. The fraction of sp³-hybridized carbons (Fsp3) is 0.167. The summed E-state index contributed by atoms with van der Waals surface area (Å²) in [5.41, 5.74) is 2.89. The quantitative estimate of drug-likeness (QED) is 0.401. The van der Waals surface area contributed by atoms with E-state index in [1.165, 1.54) is 50.8 Å². The molecule has 0 aliphatic heterocycles. The molecule has 2 aromatic rings. The molecule has 0 saturated heterocycles. The molecule has 0 heterocycles. The summed E-state index contributed by atoms with van der Waals surface area (Å²) in [4.78, 5) is 34.1. The summed E-state index contributed by atoms with van der Waals surface area (Å²) >= 11 is 0. The lowest BCUT2D eigenvalue weighted by Gasteiger charge is -2.09. The fourth-order valence-corrected chi connectivity index (χ4v) is 2.18. The molecule has 10 heteroatoms. The predicted octanol–water partition coefficient (Wildman–Crippen LogP) is 1.49. The minimum Gasteiger partial charge on any atom is -0.493 e. The molecule has 0 atom stereocenters. The van der Waals surface area contributed by atoms with E-state index in [0.717, 1.165) is 0 Å². The third-order valence-corrected chi connectivity index (χ3v) is 3.54. The maximum atomic E-state index is 12.1. The number of non-ortho nitro benzene ring substituents is 1. The highest BCUT2D eigenvalue weighted by Crippen LogP contribution is 2.27. The number of carbonyl (C=O) groups excluding carboxylic acids is 2. The SMILES string of the molecule is COc1ccc(C(=O)NCC(=O)NN=Cc2cccc([N+](=O)[O-])c2)cc1OC. The number of ether oxygens (including phenoxy) is 2. The van der Waals surface area contributed by atoms with Crippen molar-refractivity contribution in [2.24, 2.45) is 5.10 Å². The standard InChI is InChI=1S/C18H18N4O6/c1-27-15-7-6-13(9-16(15)28-2)18(24)19-11-17(23)21-20-10-12-4-3-5-14(8-12)22(25)26/h3-10H,11H2,1-2H3,(H,19,24)(H,21,23). The van der Waals surface area contributed by atoms with Crippen LogP contribution in [0.2, 0.25) is 0 Å². The minimum absolute atomic E-state index is 0.0857. The van der Waals surface area contributed by atoms with Crippen LogP contribution in [0.25, 0.3) is 0 Å². The average Bonchev–Trinajstić information content (AvgIpc) is 2.71. The molecule has 2 aromatic carbocycles. The van der Waals surface area contributed by atoms with Crippen molar-refractivity contribution in [3.05, 3.63) is 63.7 Å². The Labute approximate surface area is 160 Å². The van der Waals surface area contributed by atoms with Gasteiger partial charge in [-0.3, -0.25) is 19.7 Å². The fourth-order valence-electron chi connectivity index (χ4n) is 2.18. The van der Waals surface area contributed by atoms with Crippen molar-refractivity contribution in [2.45, 2.75) is 0 Å². The van der Waals surface area contributed by atoms with Gasteiger partial charge in [-0.25, -0.2) is 5.43 Å². The second-order valence-corrected chi connectivity index (χ2v) is 5.40. The molecular weight excluding hydrogens is 368 g/mol. The molecule has 0 unspecified atom stereocenters. The summed E-state index contributed by atoms with van der Waals surface area (Å²) in [6.07, 6.45) is 1.26. The van der Waals surface area contributed by atoms with Gasteiger partial charge in [0.25, 0.3) is 17.5 Å². The highest BCUT2D eigenvalue weighted by Gasteiger charge is 2.11. The molecule has 0 saturated carbocycles. The number of rotatable bonds is 8. The number of nitrogens with one attached hydrogen (secondary N) is 2. The number of carbonyl (C=O) groups is 2. The predicted molar refractivity (Wildman–Crippen MR) is 101 cm³/mol. The Hall–Kier alpha value is -3.95. The van der Waals surface area contributed by atoms with Gasteiger partial charge in [0.2, 0.25) is 0 Å². The number of nitro groups is 1. The van der Waals surface area contributed by atoms with Crippen LogP contribution in [-0.2, 0) is 4.79 Å². The Balaban J connectivity index is 1.87. The molecular formula is C18H18N4O6. The highest BCUT2D eigenvalue weighted by molar-refractivity contribution is 5.97. The largest absolute Gasteiger partial charge is 0.493 e. The molecule has 2 amide bonds. The van der Waals surface area contributed by atoms with Crippen LogP contribution in [0.1, 0.15) is 15.9 Å². The summed E-state index contributed by atoms with van der Waals surface area (Å²) < 4.78 is 10.2. The number of methoxy groups -OCH3 is 2. The van der Waals surface area contributed by atoms with E-state index in [1.54, 1.807) is 12.1 Å². The van der Waals surface area contributed by atoms with Crippen molar-refractivity contribution < 1.29 is 24.0 Å². The monoisotopic (exact) mass is 386 g/mol. The van der Waals surface area contributed by atoms with Gasteiger partial charge in [-0.15, -0.1) is 0 Å². The first kappa shape index (κ1) is 20.4. The average molecular weight is 386 g/mol. The van der Waals surface area contributed by atoms with Gasteiger partial charge in [-0.05, 0) is 18.2 Å². The number of hydrogen-bond donors (Lipinski definition) is 2. The number of nitrogens with zero attached hydrogens (tertiary/aromatic N) is 2. The Morgan fingerprint density at radius 3 is 2.57 bits per heavy atom. The Bertz CT molecular complexity index is 913. The molecule has 2 rings (SSSR count). The van der Waals surface area contributed by atoms with Crippen LogP contribution < -0.4 is 20.2 Å². The Kier molecular flexibility index (Phi) is 7.03. The van der Waals surface area contributed by atoms with Crippen LogP contribution in [-0.4, -0.2) is 43.7 Å². The van der Waals surface area contributed by atoms with E-state index in [2.05, 4.69) is 15.8 Å². The van der Waals surface area contributed by atoms with E-state index in [-0.39, 0.29) is 12.2 Å². The molecule has 146 valence electrons. The Morgan fingerprint density at radius 2 is 1.89 bits per heavy atom. The van der Waals surface area contributed by atoms with E-state index < -0.39 is 16.7 Å². The lowest BCUT2D eigenvalue weighted by Crippen LogP contribution is -2.34. The summed E-state index contributed by atoms with van der Waals surface area (Å²) in [5.74, 6) is -0.164. The van der Waals surface area contributed by atoms with Gasteiger partial charge in [0.1, 0.15) is 0 Å². The van der Waals surface area contributed by atoms with E-state index >= 15 is 0 Å². The van der Waals surface area contributed by atoms with E-state index in [9.17, 15) is 19.7 Å². The minimum atomic E-state index is -0.560. The number of amides is 2. The van der Waals surface area contributed by atoms with Crippen molar-refractivity contribution in [3.63, 3.8) is 0 Å². The zero-order valence-electron chi connectivity index (χ0n) is 15.2. The Morgan fingerprint density at radius 1 is 1.14 bits per heavy atom. The van der Waals surface area contributed by atoms with Crippen LogP contribution >= 0.6 is 0 Å². The van der Waals surface area contributed by atoms with Crippen molar-refractivity contribution in [1.29, 1.82) is 0 Å². The molecule has 0 radical (unpaired) electrons. The highest BCUT2D eigenvalue weighted by atomic mass is 16.6. The van der Waals surface area contributed by atoms with Gasteiger partial charge in [0, 0.05) is 23.3 Å². The summed E-state index contributed by atoms with van der Waals surface area (Å²) in [5, 5.41) is 16.9. The maximum Gasteiger partial charge on any atom is 0.270 e. The van der Waals surface area contributed by atoms with Crippen LogP contribution in [0.3, 0.4) is 0 Å². The van der Waals surface area contributed by atoms with Crippen LogP contribution in [0.15, 0.2) is 47.6 Å². The van der Waals surface area contributed by atoms with Crippen LogP contribution in [0.5, 0.6) is 11.5 Å². The first-order valence-corrected chi connectivity index (χ1v) is 8.01. The molecule has 0 spiro atoms.